The Morgan fingerprint density at radius 1 is 1.45 bits per heavy atom. The highest BCUT2D eigenvalue weighted by Gasteiger charge is 2.25. The third-order valence-corrected chi connectivity index (χ3v) is 4.44. The molecule has 0 aromatic heterocycles. The number of nitroso groups, excluding NO2 is 1. The summed E-state index contributed by atoms with van der Waals surface area (Å²) in [4.78, 5) is 24.2. The van der Waals surface area contributed by atoms with Gasteiger partial charge in [0.25, 0.3) is 5.91 Å². The van der Waals surface area contributed by atoms with E-state index < -0.39 is 0 Å². The van der Waals surface area contributed by atoms with E-state index in [2.05, 4.69) is 17.5 Å². The first-order valence-corrected chi connectivity index (χ1v) is 7.81. The van der Waals surface area contributed by atoms with Gasteiger partial charge in [0.15, 0.2) is 0 Å². The fraction of sp³-hybridized carbons (Fsp3) is 0.562. The molecular weight excluding hydrogens is 280 g/mol. The number of nitrogens with zero attached hydrogens (tertiary/aromatic N) is 3. The lowest BCUT2D eigenvalue weighted by Gasteiger charge is -2.29. The molecule has 0 radical (unpaired) electrons. The number of carbonyl (C=O) groups is 1. The van der Waals surface area contributed by atoms with Gasteiger partial charge in [-0.1, -0.05) is 0 Å². The Morgan fingerprint density at radius 2 is 2.18 bits per heavy atom. The van der Waals surface area contributed by atoms with Gasteiger partial charge in [0.05, 0.1) is 38.6 Å². The molecule has 120 valence electrons. The van der Waals surface area contributed by atoms with E-state index in [-0.39, 0.29) is 5.91 Å². The van der Waals surface area contributed by atoms with Crippen molar-refractivity contribution in [3.8, 4) is 0 Å². The summed E-state index contributed by atoms with van der Waals surface area (Å²) in [5.74, 6) is -0.106. The Labute approximate surface area is 131 Å². The maximum Gasteiger partial charge on any atom is 0.251 e. The lowest BCUT2D eigenvalue weighted by atomic mass is 10.1. The molecular formula is C16H25N4O2+. The average molecular weight is 305 g/mol. The van der Waals surface area contributed by atoms with Crippen molar-refractivity contribution in [1.82, 2.24) is 10.2 Å². The molecule has 0 unspecified atom stereocenters. The summed E-state index contributed by atoms with van der Waals surface area (Å²) in [6.45, 7) is 4.29. The summed E-state index contributed by atoms with van der Waals surface area (Å²) in [5.41, 5.74) is 1.16. The minimum atomic E-state index is -0.106. The van der Waals surface area contributed by atoms with E-state index >= 15 is 0 Å². The van der Waals surface area contributed by atoms with Gasteiger partial charge >= 0.3 is 0 Å². The van der Waals surface area contributed by atoms with E-state index in [1.165, 1.54) is 32.1 Å². The highest BCUT2D eigenvalue weighted by molar-refractivity contribution is 5.96. The average Bonchev–Trinajstić information content (AvgIpc) is 2.93. The van der Waals surface area contributed by atoms with Crippen LogP contribution in [0.25, 0.3) is 0 Å². The van der Waals surface area contributed by atoms with Crippen molar-refractivity contribution < 1.29 is 9.28 Å². The van der Waals surface area contributed by atoms with Crippen LogP contribution in [0, 0.1) is 4.91 Å². The maximum atomic E-state index is 12.1. The van der Waals surface area contributed by atoms with Crippen molar-refractivity contribution in [3.63, 3.8) is 0 Å². The Hall–Kier alpha value is -1.95. The third kappa shape index (κ3) is 4.27. The monoisotopic (exact) mass is 305 g/mol. The zero-order valence-corrected chi connectivity index (χ0v) is 13.4. The van der Waals surface area contributed by atoms with Crippen LogP contribution in [0.15, 0.2) is 41.0 Å². The largest absolute Gasteiger partial charge is 0.352 e. The van der Waals surface area contributed by atoms with Gasteiger partial charge in [-0.2, -0.15) is 0 Å². The lowest BCUT2D eigenvalue weighted by Crippen LogP contribution is -2.42. The second-order valence-electron chi connectivity index (χ2n) is 6.29. The number of hydrogen-bond acceptors (Lipinski definition) is 4. The summed E-state index contributed by atoms with van der Waals surface area (Å²) in [5, 5.41) is 5.71. The van der Waals surface area contributed by atoms with E-state index in [1.807, 2.05) is 0 Å². The molecule has 1 saturated heterocycles. The number of nitrogens with one attached hydrogen (secondary N) is 1. The van der Waals surface area contributed by atoms with Gasteiger partial charge < -0.3 is 14.7 Å². The molecule has 1 N–H and O–H groups in total. The van der Waals surface area contributed by atoms with Crippen molar-refractivity contribution >= 4 is 5.91 Å². The first-order valence-electron chi connectivity index (χ1n) is 7.81. The number of amides is 1. The zero-order chi connectivity index (χ0) is 16.0. The summed E-state index contributed by atoms with van der Waals surface area (Å²) in [6.07, 6.45) is 9.98. The van der Waals surface area contributed by atoms with Crippen LogP contribution in [0.2, 0.25) is 0 Å². The molecule has 2 aliphatic rings. The topological polar surface area (TPSA) is 61.8 Å². The number of allylic oxidation sites excluding steroid dienone is 1. The van der Waals surface area contributed by atoms with Crippen LogP contribution in [0.5, 0.6) is 0 Å². The second-order valence-corrected chi connectivity index (χ2v) is 6.29. The number of likely N-dealkylation sites (tertiary alicyclic amines) is 1. The van der Waals surface area contributed by atoms with Gasteiger partial charge in [0.1, 0.15) is 0 Å². The van der Waals surface area contributed by atoms with Crippen molar-refractivity contribution in [2.45, 2.75) is 19.3 Å². The van der Waals surface area contributed by atoms with Crippen molar-refractivity contribution in [1.29, 1.82) is 0 Å². The van der Waals surface area contributed by atoms with E-state index in [9.17, 15) is 9.70 Å². The van der Waals surface area contributed by atoms with Crippen LogP contribution in [0.4, 0.5) is 0 Å². The van der Waals surface area contributed by atoms with Gasteiger partial charge in [-0.3, -0.25) is 4.79 Å². The molecule has 0 aromatic carbocycles. The number of carbonyl (C=O) groups excluding carboxylic acids is 1. The zero-order valence-electron chi connectivity index (χ0n) is 13.4. The summed E-state index contributed by atoms with van der Waals surface area (Å²) < 4.78 is 1.13. The minimum Gasteiger partial charge on any atom is -0.352 e. The van der Waals surface area contributed by atoms with Crippen LogP contribution in [0.3, 0.4) is 0 Å². The summed E-state index contributed by atoms with van der Waals surface area (Å²) in [6, 6.07) is 0. The molecule has 2 aliphatic heterocycles. The van der Waals surface area contributed by atoms with E-state index in [0.29, 0.717) is 17.8 Å². The van der Waals surface area contributed by atoms with Crippen LogP contribution in [-0.4, -0.2) is 55.6 Å². The molecule has 1 fully saturated rings. The van der Waals surface area contributed by atoms with Gasteiger partial charge in [0.2, 0.25) is 0 Å². The molecule has 0 saturated carbocycles. The molecule has 0 spiro atoms. The Bertz CT molecular complexity index is 516. The SMILES string of the molecule is CN1C=CC(C(=O)NCCC[N+]2(C)CCCC2)=C/C1=C/N=O. The van der Waals surface area contributed by atoms with Gasteiger partial charge in [0, 0.05) is 44.6 Å². The summed E-state index contributed by atoms with van der Waals surface area (Å²) in [7, 11) is 4.10. The van der Waals surface area contributed by atoms with Crippen molar-refractivity contribution in [3.05, 3.63) is 40.7 Å². The Kier molecular flexibility index (Phi) is 5.49. The molecule has 6 heteroatoms. The molecule has 1 amide bonds. The molecule has 0 aromatic rings. The molecule has 2 rings (SSSR count). The van der Waals surface area contributed by atoms with Crippen molar-refractivity contribution in [2.75, 3.05) is 40.3 Å². The lowest BCUT2D eigenvalue weighted by molar-refractivity contribution is -0.897. The first-order chi connectivity index (χ1) is 10.5. The van der Waals surface area contributed by atoms with E-state index in [1.54, 1.807) is 30.3 Å². The highest BCUT2D eigenvalue weighted by Crippen LogP contribution is 2.17. The van der Waals surface area contributed by atoms with Crippen LogP contribution >= 0.6 is 0 Å². The van der Waals surface area contributed by atoms with Crippen LogP contribution < -0.4 is 5.32 Å². The second kappa shape index (κ2) is 7.35. The number of quaternary nitrogens is 1. The fourth-order valence-electron chi connectivity index (χ4n) is 3.00. The number of likely N-dealkylation sites (N-methyl/N-ethyl adjacent to an activating group) is 1. The fourth-order valence-corrected chi connectivity index (χ4v) is 3.00. The quantitative estimate of drug-likeness (QED) is 0.462. The predicted octanol–water partition coefficient (Wildman–Crippen LogP) is 1.73. The smallest absolute Gasteiger partial charge is 0.251 e. The molecule has 22 heavy (non-hydrogen) atoms. The molecule has 0 atom stereocenters. The van der Waals surface area contributed by atoms with Gasteiger partial charge in [-0.05, 0) is 17.3 Å². The molecule has 2 heterocycles. The van der Waals surface area contributed by atoms with Gasteiger partial charge in [-0.25, -0.2) is 0 Å². The Balaban J connectivity index is 1.80. The minimum absolute atomic E-state index is 0.106. The number of hydrogen-bond donors (Lipinski definition) is 1. The number of rotatable bonds is 6. The van der Waals surface area contributed by atoms with Crippen molar-refractivity contribution in [2.24, 2.45) is 5.18 Å². The first kappa shape index (κ1) is 16.4. The standard InChI is InChI=1S/C16H24N4O2/c1-19-8-6-14(12-15(19)13-18-22)16(21)17-7-5-11-20(2)9-3-4-10-20/h6,8,12-13H,3-5,7,9-11H2,1-2H3/p+1/b15-13-. The third-order valence-electron chi connectivity index (χ3n) is 4.44. The van der Waals surface area contributed by atoms with Gasteiger partial charge in [-0.15, -0.1) is 4.91 Å². The van der Waals surface area contributed by atoms with E-state index in [4.69, 9.17) is 0 Å². The molecule has 6 nitrogen and oxygen atoms in total. The molecule has 0 aliphatic carbocycles. The predicted molar refractivity (Wildman–Crippen MR) is 86.5 cm³/mol. The molecule has 0 bridgehead atoms. The van der Waals surface area contributed by atoms with Crippen LogP contribution in [-0.2, 0) is 4.79 Å². The van der Waals surface area contributed by atoms with Crippen LogP contribution in [0.1, 0.15) is 19.3 Å². The highest BCUT2D eigenvalue weighted by atomic mass is 16.2. The Morgan fingerprint density at radius 3 is 2.86 bits per heavy atom. The maximum absolute atomic E-state index is 12.1. The normalized spacial score (nSPS) is 21.8. The van der Waals surface area contributed by atoms with E-state index in [0.717, 1.165) is 17.4 Å². The summed E-state index contributed by atoms with van der Waals surface area (Å²) >= 11 is 0.